The van der Waals surface area contributed by atoms with Gasteiger partial charge in [0.1, 0.15) is 5.56 Å². The van der Waals surface area contributed by atoms with E-state index in [2.05, 4.69) is 12.0 Å². The van der Waals surface area contributed by atoms with E-state index < -0.39 is 16.8 Å². The van der Waals surface area contributed by atoms with Gasteiger partial charge < -0.3 is 9.84 Å². The van der Waals surface area contributed by atoms with Crippen molar-refractivity contribution >= 4 is 17.9 Å². The van der Waals surface area contributed by atoms with Crippen molar-refractivity contribution in [3.8, 4) is 11.6 Å². The van der Waals surface area contributed by atoms with Crippen LogP contribution in [-0.2, 0) is 4.74 Å². The SMILES string of the molecule is CCCCCCCCCCCCOC(=O)c1nn(-c2ccc([N+](=O)[O-])cc2)c(O)c1C=O. The average molecular weight is 446 g/mol. The first kappa shape index (κ1) is 25.0. The molecule has 0 unspecified atom stereocenters. The number of nitro benzene ring substituents is 1. The number of aldehydes is 1. The lowest BCUT2D eigenvalue weighted by atomic mass is 10.1. The molecule has 0 saturated heterocycles. The van der Waals surface area contributed by atoms with Crippen molar-refractivity contribution < 1.29 is 24.4 Å². The van der Waals surface area contributed by atoms with E-state index in [9.17, 15) is 24.8 Å². The molecule has 0 fully saturated rings. The van der Waals surface area contributed by atoms with E-state index in [0.717, 1.165) is 17.5 Å². The van der Waals surface area contributed by atoms with Crippen LogP contribution in [0.3, 0.4) is 0 Å². The zero-order chi connectivity index (χ0) is 23.3. The molecule has 1 N–H and O–H groups in total. The molecule has 0 saturated carbocycles. The van der Waals surface area contributed by atoms with Crippen LogP contribution in [0.4, 0.5) is 5.69 Å². The summed E-state index contributed by atoms with van der Waals surface area (Å²) >= 11 is 0. The largest absolute Gasteiger partial charge is 0.493 e. The standard InChI is InChI=1S/C23H31N3O6/c1-2-3-4-5-6-7-8-9-10-11-16-32-23(29)21-20(17-27)22(28)25(24-21)18-12-14-19(15-13-18)26(30)31/h12-15,17,28H,2-11,16H2,1H3. The number of nitrogens with zero attached hydrogens (tertiary/aromatic N) is 3. The number of aromatic hydroxyl groups is 1. The number of ether oxygens (including phenoxy) is 1. The summed E-state index contributed by atoms with van der Waals surface area (Å²) in [4.78, 5) is 34.0. The minimum absolute atomic E-state index is 0.132. The summed E-state index contributed by atoms with van der Waals surface area (Å²) in [6.45, 7) is 2.42. The number of hydrogen-bond donors (Lipinski definition) is 1. The van der Waals surface area contributed by atoms with E-state index in [1.807, 2.05) is 0 Å². The van der Waals surface area contributed by atoms with E-state index in [4.69, 9.17) is 4.74 Å². The first-order valence-electron chi connectivity index (χ1n) is 11.2. The maximum absolute atomic E-state index is 12.4. The van der Waals surface area contributed by atoms with Crippen LogP contribution in [0.1, 0.15) is 92.0 Å². The minimum atomic E-state index is -0.793. The van der Waals surface area contributed by atoms with Gasteiger partial charge in [0.25, 0.3) is 5.69 Å². The Hall–Kier alpha value is -3.23. The van der Waals surface area contributed by atoms with Crippen LogP contribution in [-0.4, -0.2) is 38.7 Å². The molecule has 1 heterocycles. The summed E-state index contributed by atoms with van der Waals surface area (Å²) in [5.41, 5.74) is -0.434. The topological polar surface area (TPSA) is 125 Å². The predicted octanol–water partition coefficient (Wildman–Crippen LogP) is 5.38. The van der Waals surface area contributed by atoms with Gasteiger partial charge in [-0.1, -0.05) is 64.7 Å². The molecule has 9 nitrogen and oxygen atoms in total. The number of aromatic nitrogens is 2. The molecule has 2 aromatic rings. The normalized spacial score (nSPS) is 10.8. The number of esters is 1. The molecule has 0 spiro atoms. The lowest BCUT2D eigenvalue weighted by Gasteiger charge is -2.04. The second kappa shape index (κ2) is 13.2. The lowest BCUT2D eigenvalue weighted by molar-refractivity contribution is -0.384. The third-order valence-corrected chi connectivity index (χ3v) is 5.24. The molecule has 0 bridgehead atoms. The summed E-state index contributed by atoms with van der Waals surface area (Å²) < 4.78 is 6.20. The predicted molar refractivity (Wildman–Crippen MR) is 119 cm³/mol. The maximum atomic E-state index is 12.4. The van der Waals surface area contributed by atoms with Crippen LogP contribution < -0.4 is 0 Å². The smallest absolute Gasteiger partial charge is 0.359 e. The van der Waals surface area contributed by atoms with Crippen molar-refractivity contribution in [1.29, 1.82) is 0 Å². The van der Waals surface area contributed by atoms with Gasteiger partial charge in [0.2, 0.25) is 5.88 Å². The Morgan fingerprint density at radius 3 is 2.16 bits per heavy atom. The number of unbranched alkanes of at least 4 members (excludes halogenated alkanes) is 9. The second-order valence-corrected chi connectivity index (χ2v) is 7.71. The molecule has 0 aliphatic heterocycles. The van der Waals surface area contributed by atoms with Crippen molar-refractivity contribution in [3.63, 3.8) is 0 Å². The average Bonchev–Trinajstić information content (AvgIpc) is 3.13. The molecule has 0 aliphatic carbocycles. The van der Waals surface area contributed by atoms with Gasteiger partial charge in [-0.3, -0.25) is 14.9 Å². The molecule has 0 radical (unpaired) electrons. The van der Waals surface area contributed by atoms with Gasteiger partial charge in [0.15, 0.2) is 12.0 Å². The highest BCUT2D eigenvalue weighted by molar-refractivity contribution is 5.98. The Bertz CT molecular complexity index is 892. The van der Waals surface area contributed by atoms with Crippen LogP contribution >= 0.6 is 0 Å². The molecular weight excluding hydrogens is 414 g/mol. The molecule has 0 aliphatic rings. The van der Waals surface area contributed by atoms with E-state index in [1.165, 1.54) is 69.2 Å². The monoisotopic (exact) mass is 445 g/mol. The Kier molecular flexibility index (Phi) is 10.4. The van der Waals surface area contributed by atoms with Crippen LogP contribution in [0.25, 0.3) is 5.69 Å². The fourth-order valence-corrected chi connectivity index (χ4v) is 3.40. The summed E-state index contributed by atoms with van der Waals surface area (Å²) in [7, 11) is 0. The van der Waals surface area contributed by atoms with Crippen molar-refractivity contribution in [1.82, 2.24) is 9.78 Å². The summed E-state index contributed by atoms with van der Waals surface area (Å²) in [6, 6.07) is 5.19. The second-order valence-electron chi connectivity index (χ2n) is 7.71. The van der Waals surface area contributed by atoms with Gasteiger partial charge in [0, 0.05) is 12.1 Å². The Morgan fingerprint density at radius 1 is 1.06 bits per heavy atom. The third kappa shape index (κ3) is 7.18. The van der Waals surface area contributed by atoms with Gasteiger partial charge in [0.05, 0.1) is 17.2 Å². The first-order valence-corrected chi connectivity index (χ1v) is 11.2. The van der Waals surface area contributed by atoms with Gasteiger partial charge in [-0.15, -0.1) is 0 Å². The Morgan fingerprint density at radius 2 is 1.62 bits per heavy atom. The highest BCUT2D eigenvalue weighted by atomic mass is 16.6. The van der Waals surface area contributed by atoms with Crippen LogP contribution in [0, 0.1) is 10.1 Å². The number of hydrogen-bond acceptors (Lipinski definition) is 7. The first-order chi connectivity index (χ1) is 15.5. The highest BCUT2D eigenvalue weighted by Gasteiger charge is 2.24. The van der Waals surface area contributed by atoms with Gasteiger partial charge in [-0.2, -0.15) is 9.78 Å². The number of carbonyl (C=O) groups is 2. The summed E-state index contributed by atoms with van der Waals surface area (Å²) in [5.74, 6) is -1.32. The van der Waals surface area contributed by atoms with Gasteiger partial charge in [-0.25, -0.2) is 4.79 Å². The zero-order valence-corrected chi connectivity index (χ0v) is 18.5. The molecule has 1 aromatic carbocycles. The fraction of sp³-hybridized carbons (Fsp3) is 0.522. The van der Waals surface area contributed by atoms with E-state index in [0.29, 0.717) is 12.7 Å². The molecule has 1 aromatic heterocycles. The fourth-order valence-electron chi connectivity index (χ4n) is 3.40. The molecule has 0 atom stereocenters. The Labute approximate surface area is 187 Å². The Balaban J connectivity index is 1.82. The van der Waals surface area contributed by atoms with Gasteiger partial charge >= 0.3 is 5.97 Å². The third-order valence-electron chi connectivity index (χ3n) is 5.24. The van der Waals surface area contributed by atoms with E-state index in [1.54, 1.807) is 0 Å². The quantitative estimate of drug-likeness (QED) is 0.128. The number of non-ortho nitro benzene ring substituents is 1. The molecule has 9 heteroatoms. The van der Waals surface area contributed by atoms with Crippen molar-refractivity contribution in [3.05, 3.63) is 45.6 Å². The molecule has 2 rings (SSSR count). The molecule has 0 amide bonds. The van der Waals surface area contributed by atoms with Crippen molar-refractivity contribution in [2.75, 3.05) is 6.61 Å². The van der Waals surface area contributed by atoms with Crippen LogP contribution in [0.5, 0.6) is 5.88 Å². The highest BCUT2D eigenvalue weighted by Crippen LogP contribution is 2.25. The number of rotatable bonds is 15. The number of nitro groups is 1. The van der Waals surface area contributed by atoms with E-state index >= 15 is 0 Å². The summed E-state index contributed by atoms with van der Waals surface area (Å²) in [6.07, 6.45) is 11.9. The van der Waals surface area contributed by atoms with Crippen LogP contribution in [0.2, 0.25) is 0 Å². The van der Waals surface area contributed by atoms with Crippen LogP contribution in [0.15, 0.2) is 24.3 Å². The zero-order valence-electron chi connectivity index (χ0n) is 18.5. The van der Waals surface area contributed by atoms with Crippen molar-refractivity contribution in [2.45, 2.75) is 71.1 Å². The van der Waals surface area contributed by atoms with Crippen molar-refractivity contribution in [2.24, 2.45) is 0 Å². The van der Waals surface area contributed by atoms with E-state index in [-0.39, 0.29) is 29.2 Å². The number of carbonyl (C=O) groups excluding carboxylic acids is 2. The van der Waals surface area contributed by atoms with Gasteiger partial charge in [-0.05, 0) is 18.6 Å². The lowest BCUT2D eigenvalue weighted by Crippen LogP contribution is -2.10. The number of benzene rings is 1. The maximum Gasteiger partial charge on any atom is 0.359 e. The summed E-state index contributed by atoms with van der Waals surface area (Å²) in [5, 5.41) is 25.0. The molecule has 174 valence electrons. The minimum Gasteiger partial charge on any atom is -0.493 e. The molecule has 32 heavy (non-hydrogen) atoms. The molecular formula is C23H31N3O6.